The number of benzene rings is 1. The second kappa shape index (κ2) is 6.51. The van der Waals surface area contributed by atoms with E-state index < -0.39 is 17.6 Å². The molecule has 1 heterocycles. The fraction of sp³-hybridized carbons (Fsp3) is 0.588. The number of hydrogen-bond donors (Lipinski definition) is 1. The van der Waals surface area contributed by atoms with Crippen LogP contribution in [0.1, 0.15) is 50.8 Å². The molecule has 0 saturated carbocycles. The maximum absolute atomic E-state index is 13.5. The van der Waals surface area contributed by atoms with Crippen LogP contribution in [0.3, 0.4) is 0 Å². The summed E-state index contributed by atoms with van der Waals surface area (Å²) >= 11 is 0. The highest BCUT2D eigenvalue weighted by Gasteiger charge is 2.51. The number of nitrogens with one attached hydrogen (secondary N) is 1. The van der Waals surface area contributed by atoms with E-state index in [-0.39, 0.29) is 18.0 Å². The summed E-state index contributed by atoms with van der Waals surface area (Å²) in [5.74, 6) is -0.383. The number of hydrazine groups is 1. The van der Waals surface area contributed by atoms with Gasteiger partial charge in [0.15, 0.2) is 0 Å². The molecule has 1 fully saturated rings. The molecule has 1 N–H and O–H groups in total. The van der Waals surface area contributed by atoms with E-state index >= 15 is 0 Å². The van der Waals surface area contributed by atoms with Gasteiger partial charge >= 0.3 is 6.18 Å². The Bertz CT molecular complexity index is 552. The zero-order valence-corrected chi connectivity index (χ0v) is 13.7. The van der Waals surface area contributed by atoms with Crippen LogP contribution in [0, 0.1) is 5.41 Å². The Labute approximate surface area is 134 Å². The predicted octanol–water partition coefficient (Wildman–Crippen LogP) is 4.01. The van der Waals surface area contributed by atoms with Crippen molar-refractivity contribution in [2.45, 2.75) is 52.3 Å². The van der Waals surface area contributed by atoms with Crippen LogP contribution < -0.4 is 5.43 Å². The second-order valence-electron chi connectivity index (χ2n) is 6.74. The molecule has 3 nitrogen and oxygen atoms in total. The smallest absolute Gasteiger partial charge is 0.287 e. The molecule has 1 aromatic carbocycles. The maximum atomic E-state index is 13.5. The molecule has 0 radical (unpaired) electrons. The Kier molecular flexibility index (Phi) is 5.04. The van der Waals surface area contributed by atoms with Gasteiger partial charge < -0.3 is 0 Å². The molecule has 0 spiro atoms. The monoisotopic (exact) mass is 328 g/mol. The summed E-state index contributed by atoms with van der Waals surface area (Å²) in [5.41, 5.74) is 2.72. The lowest BCUT2D eigenvalue weighted by Crippen LogP contribution is -2.43. The van der Waals surface area contributed by atoms with Gasteiger partial charge in [-0.2, -0.15) is 13.2 Å². The van der Waals surface area contributed by atoms with Crippen molar-refractivity contribution in [2.24, 2.45) is 5.41 Å². The van der Waals surface area contributed by atoms with E-state index in [0.717, 1.165) is 29.8 Å². The molecule has 0 bridgehead atoms. The van der Waals surface area contributed by atoms with E-state index in [2.05, 4.69) is 12.3 Å². The molecule has 1 atom stereocenters. The molecule has 1 aromatic rings. The molecule has 23 heavy (non-hydrogen) atoms. The van der Waals surface area contributed by atoms with Crippen molar-refractivity contribution >= 4 is 5.91 Å². The zero-order chi connectivity index (χ0) is 17.3. The van der Waals surface area contributed by atoms with Gasteiger partial charge in [-0.25, -0.2) is 5.01 Å². The van der Waals surface area contributed by atoms with E-state index in [1.165, 1.54) is 12.1 Å². The van der Waals surface area contributed by atoms with Crippen molar-refractivity contribution in [3.8, 4) is 0 Å². The quantitative estimate of drug-likeness (QED) is 0.886. The number of hydrogen-bond acceptors (Lipinski definition) is 2. The van der Waals surface area contributed by atoms with Gasteiger partial charge in [0.1, 0.15) is 6.04 Å². The number of nitrogens with zero attached hydrogens (tertiary/aromatic N) is 1. The van der Waals surface area contributed by atoms with E-state index in [1.807, 2.05) is 0 Å². The average Bonchev–Trinajstić information content (AvgIpc) is 2.70. The van der Waals surface area contributed by atoms with E-state index in [1.54, 1.807) is 26.0 Å². The van der Waals surface area contributed by atoms with Crippen LogP contribution in [-0.2, 0) is 11.2 Å². The molecule has 1 amide bonds. The van der Waals surface area contributed by atoms with Gasteiger partial charge in [0.2, 0.25) is 5.91 Å². The number of alkyl halides is 3. The van der Waals surface area contributed by atoms with Crippen molar-refractivity contribution < 1.29 is 18.0 Å². The lowest BCUT2D eigenvalue weighted by molar-refractivity contribution is -0.191. The number of carbonyl (C=O) groups is 1. The molecule has 2 rings (SSSR count). The molecular weight excluding hydrogens is 305 g/mol. The number of carbonyl (C=O) groups excluding carboxylic acids is 1. The number of unbranched alkanes of at least 4 members (excludes halogenated alkanes) is 1. The minimum atomic E-state index is -4.46. The number of rotatable bonds is 5. The Hall–Kier alpha value is -1.56. The lowest BCUT2D eigenvalue weighted by atomic mass is 9.93. The summed E-state index contributed by atoms with van der Waals surface area (Å²) in [6, 6.07) is 4.69. The van der Waals surface area contributed by atoms with Gasteiger partial charge in [-0.05, 0) is 37.8 Å². The Balaban J connectivity index is 2.25. The van der Waals surface area contributed by atoms with Crippen molar-refractivity contribution in [3.05, 3.63) is 35.4 Å². The average molecular weight is 328 g/mol. The van der Waals surface area contributed by atoms with Crippen molar-refractivity contribution in [1.29, 1.82) is 0 Å². The highest BCUT2D eigenvalue weighted by atomic mass is 19.4. The fourth-order valence-corrected chi connectivity index (χ4v) is 2.77. The van der Waals surface area contributed by atoms with E-state index in [4.69, 9.17) is 0 Å². The maximum Gasteiger partial charge on any atom is 0.409 e. The molecule has 1 saturated heterocycles. The topological polar surface area (TPSA) is 32.3 Å². The SMILES string of the molecule is CCCCc1ccc([C@H](N2CC(C)(C)C(=O)N2)C(F)(F)F)cc1. The Morgan fingerprint density at radius 2 is 1.87 bits per heavy atom. The van der Waals surface area contributed by atoms with E-state index in [9.17, 15) is 18.0 Å². The van der Waals surface area contributed by atoms with Crippen LogP contribution >= 0.6 is 0 Å². The molecule has 0 unspecified atom stereocenters. The summed E-state index contributed by atoms with van der Waals surface area (Å²) in [7, 11) is 0. The molecule has 6 heteroatoms. The summed E-state index contributed by atoms with van der Waals surface area (Å²) in [6.45, 7) is 5.38. The summed E-state index contributed by atoms with van der Waals surface area (Å²) in [4.78, 5) is 11.8. The molecule has 0 aromatic heterocycles. The largest absolute Gasteiger partial charge is 0.409 e. The first kappa shape index (κ1) is 17.8. The molecular formula is C17H23F3N2O. The standard InChI is InChI=1S/C17H23F3N2O/c1-4-5-6-12-7-9-13(10-8-12)14(17(18,19)20)22-11-16(2,3)15(23)21-22/h7-10,14H,4-6,11H2,1-3H3,(H,21,23)/t14-/m0/s1. The fourth-order valence-electron chi connectivity index (χ4n) is 2.77. The Morgan fingerprint density at radius 1 is 1.26 bits per heavy atom. The van der Waals surface area contributed by atoms with Crippen LogP contribution in [0.2, 0.25) is 0 Å². The summed E-state index contributed by atoms with van der Waals surface area (Å²) < 4.78 is 40.6. The van der Waals surface area contributed by atoms with Gasteiger partial charge in [0, 0.05) is 6.54 Å². The number of halogens is 3. The normalized spacial score (nSPS) is 19.7. The third kappa shape index (κ3) is 4.05. The Morgan fingerprint density at radius 3 is 2.30 bits per heavy atom. The first-order chi connectivity index (χ1) is 10.6. The minimum absolute atomic E-state index is 0.0214. The highest BCUT2D eigenvalue weighted by molar-refractivity contribution is 5.83. The van der Waals surface area contributed by atoms with Gasteiger partial charge in [0.05, 0.1) is 5.41 Å². The van der Waals surface area contributed by atoms with Crippen LogP contribution in [0.5, 0.6) is 0 Å². The van der Waals surface area contributed by atoms with Crippen molar-refractivity contribution in [2.75, 3.05) is 6.54 Å². The molecule has 1 aliphatic heterocycles. The van der Waals surface area contributed by atoms with Crippen molar-refractivity contribution in [3.63, 3.8) is 0 Å². The molecule has 128 valence electrons. The van der Waals surface area contributed by atoms with Gasteiger partial charge in [0.25, 0.3) is 0 Å². The van der Waals surface area contributed by atoms with Gasteiger partial charge in [-0.3, -0.25) is 10.2 Å². The van der Waals surface area contributed by atoms with Crippen LogP contribution in [0.15, 0.2) is 24.3 Å². The van der Waals surface area contributed by atoms with Crippen LogP contribution in [0.4, 0.5) is 13.2 Å². The van der Waals surface area contributed by atoms with Crippen LogP contribution in [0.25, 0.3) is 0 Å². The number of amides is 1. The third-order valence-electron chi connectivity index (χ3n) is 4.16. The first-order valence-electron chi connectivity index (χ1n) is 7.88. The first-order valence-corrected chi connectivity index (χ1v) is 7.88. The minimum Gasteiger partial charge on any atom is -0.287 e. The predicted molar refractivity (Wildman–Crippen MR) is 82.5 cm³/mol. The zero-order valence-electron chi connectivity index (χ0n) is 13.7. The summed E-state index contributed by atoms with van der Waals surface area (Å²) in [6.07, 6.45) is -1.54. The van der Waals surface area contributed by atoms with Crippen molar-refractivity contribution in [1.82, 2.24) is 10.4 Å². The number of aryl methyl sites for hydroxylation is 1. The second-order valence-corrected chi connectivity index (χ2v) is 6.74. The molecule has 0 aliphatic carbocycles. The van der Waals surface area contributed by atoms with Crippen LogP contribution in [-0.4, -0.2) is 23.6 Å². The third-order valence-corrected chi connectivity index (χ3v) is 4.16. The lowest BCUT2D eigenvalue weighted by Gasteiger charge is -2.30. The molecule has 1 aliphatic rings. The summed E-state index contributed by atoms with van der Waals surface area (Å²) in [5, 5.41) is 1.00. The van der Waals surface area contributed by atoms with Gasteiger partial charge in [-0.1, -0.05) is 37.6 Å². The van der Waals surface area contributed by atoms with E-state index in [0.29, 0.717) is 0 Å². The highest BCUT2D eigenvalue weighted by Crippen LogP contribution is 2.40. The van der Waals surface area contributed by atoms with Gasteiger partial charge in [-0.15, -0.1) is 0 Å².